The zero-order chi connectivity index (χ0) is 17.3. The number of rotatable bonds is 4. The summed E-state index contributed by atoms with van der Waals surface area (Å²) in [6.45, 7) is 5.93. The quantitative estimate of drug-likeness (QED) is 0.925. The maximum Gasteiger partial charge on any atom is 0.255 e. The van der Waals surface area contributed by atoms with Crippen LogP contribution in [-0.4, -0.2) is 34.4 Å². The van der Waals surface area contributed by atoms with Crippen molar-refractivity contribution in [2.45, 2.75) is 33.2 Å². The second-order valence-electron chi connectivity index (χ2n) is 6.44. The van der Waals surface area contributed by atoms with Gasteiger partial charge in [-0.3, -0.25) is 9.59 Å². The van der Waals surface area contributed by atoms with E-state index in [2.05, 4.69) is 16.0 Å². The lowest BCUT2D eigenvalue weighted by Gasteiger charge is -2.31. The van der Waals surface area contributed by atoms with Crippen LogP contribution in [0.1, 0.15) is 39.5 Å². The van der Waals surface area contributed by atoms with E-state index in [4.69, 9.17) is 5.73 Å². The third-order valence-corrected chi connectivity index (χ3v) is 5.67. The molecule has 0 saturated carbocycles. The third-order valence-electron chi connectivity index (χ3n) is 4.81. The molecule has 2 N–H and O–H groups in total. The maximum atomic E-state index is 12.9. The normalized spacial score (nSPS) is 17.9. The number of amides is 2. The smallest absolute Gasteiger partial charge is 0.255 e. The molecule has 1 unspecified atom stereocenters. The molecule has 0 aromatic carbocycles. The van der Waals surface area contributed by atoms with E-state index in [0.717, 1.165) is 36.3 Å². The number of thiophene rings is 1. The van der Waals surface area contributed by atoms with Gasteiger partial charge in [0.1, 0.15) is 0 Å². The number of carbonyl (C=O) groups excluding carboxylic acids is 2. The average Bonchev–Trinajstić information content (AvgIpc) is 3.18. The van der Waals surface area contributed by atoms with Gasteiger partial charge in [0.15, 0.2) is 0 Å². The second-order valence-corrected chi connectivity index (χ2v) is 7.48. The van der Waals surface area contributed by atoms with Gasteiger partial charge >= 0.3 is 0 Å². The number of nitrogens with two attached hydrogens (primary N) is 1. The van der Waals surface area contributed by atoms with Crippen LogP contribution in [0.25, 0.3) is 0 Å². The van der Waals surface area contributed by atoms with Gasteiger partial charge in [-0.2, -0.15) is 0 Å². The Morgan fingerprint density at radius 2 is 2.17 bits per heavy atom. The molecule has 0 spiro atoms. The van der Waals surface area contributed by atoms with Gasteiger partial charge in [-0.1, -0.05) is 6.07 Å². The van der Waals surface area contributed by atoms with Crippen LogP contribution >= 0.6 is 11.3 Å². The van der Waals surface area contributed by atoms with Gasteiger partial charge < -0.3 is 15.2 Å². The Morgan fingerprint density at radius 1 is 1.38 bits per heavy atom. The van der Waals surface area contributed by atoms with E-state index < -0.39 is 0 Å². The summed E-state index contributed by atoms with van der Waals surface area (Å²) in [5.74, 6) is -0.528. The Bertz CT molecular complexity index is 749. The van der Waals surface area contributed by atoms with E-state index in [1.807, 2.05) is 26.0 Å². The number of likely N-dealkylation sites (tertiary alicyclic amines) is 1. The minimum atomic E-state index is -0.310. The number of aromatic nitrogens is 1. The van der Waals surface area contributed by atoms with Gasteiger partial charge in [0.25, 0.3) is 5.91 Å². The highest BCUT2D eigenvalue weighted by Crippen LogP contribution is 2.23. The Kier molecular flexibility index (Phi) is 4.76. The van der Waals surface area contributed by atoms with E-state index in [9.17, 15) is 9.59 Å². The van der Waals surface area contributed by atoms with Crippen LogP contribution in [0, 0.1) is 19.8 Å². The molecule has 3 heterocycles. The maximum absolute atomic E-state index is 12.9. The predicted molar refractivity (Wildman–Crippen MR) is 95.1 cm³/mol. The zero-order valence-electron chi connectivity index (χ0n) is 14.1. The fourth-order valence-electron chi connectivity index (χ4n) is 3.38. The van der Waals surface area contributed by atoms with Crippen molar-refractivity contribution in [1.82, 2.24) is 9.47 Å². The van der Waals surface area contributed by atoms with Crippen molar-refractivity contribution in [3.63, 3.8) is 0 Å². The van der Waals surface area contributed by atoms with Crippen molar-refractivity contribution in [2.75, 3.05) is 13.1 Å². The number of primary amides is 1. The van der Waals surface area contributed by atoms with E-state index in [1.54, 1.807) is 16.2 Å². The summed E-state index contributed by atoms with van der Waals surface area (Å²) >= 11 is 1.72. The topological polar surface area (TPSA) is 68.3 Å². The molecule has 0 aliphatic carbocycles. The standard InChI is InChI=1S/C18H23N3O2S/c1-12-9-16(13(2)21(12)11-15-6-4-8-24-15)18(23)20-7-3-5-14(10-20)17(19)22/h4,6,8-9,14H,3,5,7,10-11H2,1-2H3,(H2,19,22). The van der Waals surface area contributed by atoms with Gasteiger partial charge in [0, 0.05) is 29.4 Å². The molecule has 0 bridgehead atoms. The molecule has 2 aromatic heterocycles. The molecular weight excluding hydrogens is 322 g/mol. The summed E-state index contributed by atoms with van der Waals surface area (Å²) in [6, 6.07) is 6.10. The lowest BCUT2D eigenvalue weighted by Crippen LogP contribution is -2.44. The van der Waals surface area contributed by atoms with Gasteiger partial charge in [-0.05, 0) is 44.2 Å². The van der Waals surface area contributed by atoms with Crippen LogP contribution < -0.4 is 5.73 Å². The first-order valence-electron chi connectivity index (χ1n) is 8.25. The molecular formula is C18H23N3O2S. The van der Waals surface area contributed by atoms with Gasteiger partial charge in [-0.15, -0.1) is 11.3 Å². The average molecular weight is 345 g/mol. The van der Waals surface area contributed by atoms with Crippen molar-refractivity contribution in [3.05, 3.63) is 45.4 Å². The Labute approximate surface area is 146 Å². The molecule has 1 fully saturated rings. The highest BCUT2D eigenvalue weighted by Gasteiger charge is 2.29. The minimum absolute atomic E-state index is 0.00600. The first-order chi connectivity index (χ1) is 11.5. The molecule has 1 atom stereocenters. The number of hydrogen-bond acceptors (Lipinski definition) is 3. The number of nitrogens with zero attached hydrogens (tertiary/aromatic N) is 2. The molecule has 24 heavy (non-hydrogen) atoms. The zero-order valence-corrected chi connectivity index (χ0v) is 14.9. The number of aryl methyl sites for hydroxylation is 1. The summed E-state index contributed by atoms with van der Waals surface area (Å²) < 4.78 is 2.18. The van der Waals surface area contributed by atoms with Crippen molar-refractivity contribution < 1.29 is 9.59 Å². The van der Waals surface area contributed by atoms with Gasteiger partial charge in [0.05, 0.1) is 18.0 Å². The number of hydrogen-bond donors (Lipinski definition) is 1. The molecule has 1 aliphatic rings. The van der Waals surface area contributed by atoms with Gasteiger partial charge in [0.2, 0.25) is 5.91 Å². The Morgan fingerprint density at radius 3 is 2.83 bits per heavy atom. The molecule has 5 nitrogen and oxygen atoms in total. The lowest BCUT2D eigenvalue weighted by molar-refractivity contribution is -0.123. The molecule has 128 valence electrons. The van der Waals surface area contributed by atoms with Crippen molar-refractivity contribution in [1.29, 1.82) is 0 Å². The minimum Gasteiger partial charge on any atom is -0.369 e. The van der Waals surface area contributed by atoms with Crippen molar-refractivity contribution in [3.8, 4) is 0 Å². The van der Waals surface area contributed by atoms with Crippen LogP contribution in [-0.2, 0) is 11.3 Å². The van der Waals surface area contributed by atoms with Crippen LogP contribution in [0.4, 0.5) is 0 Å². The van der Waals surface area contributed by atoms with E-state index in [0.29, 0.717) is 13.1 Å². The van der Waals surface area contributed by atoms with E-state index >= 15 is 0 Å². The fraction of sp³-hybridized carbons (Fsp3) is 0.444. The summed E-state index contributed by atoms with van der Waals surface area (Å²) in [7, 11) is 0. The van der Waals surface area contributed by atoms with Crippen molar-refractivity contribution in [2.24, 2.45) is 11.7 Å². The highest BCUT2D eigenvalue weighted by molar-refractivity contribution is 7.09. The molecule has 2 aromatic rings. The number of carbonyl (C=O) groups is 2. The summed E-state index contributed by atoms with van der Waals surface area (Å²) in [5, 5.41) is 2.06. The Hall–Kier alpha value is -2.08. The molecule has 1 aliphatic heterocycles. The fourth-order valence-corrected chi connectivity index (χ4v) is 4.08. The van der Waals surface area contributed by atoms with Crippen LogP contribution in [0.15, 0.2) is 23.6 Å². The van der Waals surface area contributed by atoms with Crippen LogP contribution in [0.3, 0.4) is 0 Å². The summed E-state index contributed by atoms with van der Waals surface area (Å²) in [4.78, 5) is 27.4. The molecule has 1 saturated heterocycles. The monoisotopic (exact) mass is 345 g/mol. The SMILES string of the molecule is Cc1cc(C(=O)N2CCCC(C(N)=O)C2)c(C)n1Cc1cccs1. The molecule has 6 heteroatoms. The van der Waals surface area contributed by atoms with Gasteiger partial charge in [-0.25, -0.2) is 0 Å². The number of piperidine rings is 1. The lowest BCUT2D eigenvalue weighted by atomic mass is 9.97. The first-order valence-corrected chi connectivity index (χ1v) is 9.13. The predicted octanol–water partition coefficient (Wildman–Crippen LogP) is 2.55. The molecule has 2 amide bonds. The third kappa shape index (κ3) is 3.24. The summed E-state index contributed by atoms with van der Waals surface area (Å²) in [6.07, 6.45) is 1.60. The van der Waals surface area contributed by atoms with Crippen molar-refractivity contribution >= 4 is 23.2 Å². The van der Waals surface area contributed by atoms with E-state index in [1.165, 1.54) is 4.88 Å². The molecule has 3 rings (SSSR count). The second kappa shape index (κ2) is 6.81. The molecule has 0 radical (unpaired) electrons. The highest BCUT2D eigenvalue weighted by atomic mass is 32.1. The largest absolute Gasteiger partial charge is 0.369 e. The van der Waals surface area contributed by atoms with E-state index in [-0.39, 0.29) is 17.7 Å². The van der Waals surface area contributed by atoms with Crippen LogP contribution in [0.5, 0.6) is 0 Å². The van der Waals surface area contributed by atoms with Crippen LogP contribution in [0.2, 0.25) is 0 Å². The first kappa shape index (κ1) is 16.8. The summed E-state index contributed by atoms with van der Waals surface area (Å²) in [5.41, 5.74) is 8.21. The Balaban J connectivity index is 1.81.